The summed E-state index contributed by atoms with van der Waals surface area (Å²) in [7, 11) is 0. The van der Waals surface area contributed by atoms with E-state index in [1.165, 1.54) is 5.56 Å². The maximum atomic E-state index is 5.38. The van der Waals surface area contributed by atoms with Gasteiger partial charge in [-0.2, -0.15) is 0 Å². The van der Waals surface area contributed by atoms with E-state index in [1.807, 2.05) is 37.3 Å². The summed E-state index contributed by atoms with van der Waals surface area (Å²) in [6.45, 7) is 6.43. The fraction of sp³-hybridized carbons (Fsp3) is 0.176. The van der Waals surface area contributed by atoms with E-state index in [9.17, 15) is 0 Å². The molecule has 0 bridgehead atoms. The van der Waals surface area contributed by atoms with Crippen LogP contribution in [0.5, 0.6) is 0 Å². The number of rotatable bonds is 6. The molecule has 2 heterocycles. The summed E-state index contributed by atoms with van der Waals surface area (Å²) < 4.78 is 7.44. The van der Waals surface area contributed by atoms with Crippen molar-refractivity contribution in [3.05, 3.63) is 66.6 Å². The molecule has 3 rings (SSSR count). The van der Waals surface area contributed by atoms with E-state index in [-0.39, 0.29) is 0 Å². The Hall–Kier alpha value is -2.27. The van der Waals surface area contributed by atoms with Crippen molar-refractivity contribution in [1.29, 1.82) is 0 Å². The summed E-state index contributed by atoms with van der Waals surface area (Å²) in [5.74, 6) is 2.53. The Labute approximate surface area is 133 Å². The van der Waals surface area contributed by atoms with Crippen LogP contribution in [0.2, 0.25) is 0 Å². The van der Waals surface area contributed by atoms with Crippen molar-refractivity contribution in [2.24, 2.45) is 0 Å². The third-order valence-electron chi connectivity index (χ3n) is 3.34. The molecule has 112 valence electrons. The maximum absolute atomic E-state index is 5.38. The van der Waals surface area contributed by atoms with Crippen LogP contribution in [0.25, 0.3) is 11.4 Å². The number of benzene rings is 1. The molecule has 3 aromatic rings. The highest BCUT2D eigenvalue weighted by Crippen LogP contribution is 2.28. The van der Waals surface area contributed by atoms with Gasteiger partial charge in [0.1, 0.15) is 5.76 Å². The summed E-state index contributed by atoms with van der Waals surface area (Å²) in [4.78, 5) is 0. The number of aryl methyl sites for hydroxylation is 1. The Bertz CT molecular complexity index is 761. The van der Waals surface area contributed by atoms with E-state index in [2.05, 4.69) is 33.5 Å². The van der Waals surface area contributed by atoms with Gasteiger partial charge in [-0.1, -0.05) is 48.2 Å². The normalized spacial score (nSPS) is 10.8. The molecule has 4 nitrogen and oxygen atoms in total. The quantitative estimate of drug-likeness (QED) is 0.502. The summed E-state index contributed by atoms with van der Waals surface area (Å²) in [6.07, 6.45) is 3.53. The lowest BCUT2D eigenvalue weighted by Crippen LogP contribution is -2.00. The molecular formula is C17H17N3OS. The minimum Gasteiger partial charge on any atom is -0.469 e. The number of furan rings is 1. The first-order valence-electron chi connectivity index (χ1n) is 7.05. The molecule has 0 amide bonds. The average Bonchev–Trinajstić information content (AvgIpc) is 3.13. The highest BCUT2D eigenvalue weighted by atomic mass is 32.2. The lowest BCUT2D eigenvalue weighted by atomic mass is 10.2. The molecule has 0 N–H and O–H groups in total. The molecule has 0 saturated heterocycles. The van der Waals surface area contributed by atoms with Crippen LogP contribution in [0.3, 0.4) is 0 Å². The topological polar surface area (TPSA) is 43.9 Å². The summed E-state index contributed by atoms with van der Waals surface area (Å²) in [5.41, 5.74) is 2.24. The number of nitrogens with zero attached hydrogens (tertiary/aromatic N) is 3. The Morgan fingerprint density at radius 3 is 2.73 bits per heavy atom. The van der Waals surface area contributed by atoms with Gasteiger partial charge >= 0.3 is 0 Å². The lowest BCUT2D eigenvalue weighted by Gasteiger charge is -2.07. The van der Waals surface area contributed by atoms with Crippen molar-refractivity contribution in [3.63, 3.8) is 0 Å². The van der Waals surface area contributed by atoms with Crippen molar-refractivity contribution in [2.45, 2.75) is 24.4 Å². The second kappa shape index (κ2) is 6.66. The molecule has 0 aliphatic carbocycles. The second-order valence-corrected chi connectivity index (χ2v) is 5.81. The second-order valence-electron chi connectivity index (χ2n) is 4.87. The van der Waals surface area contributed by atoms with Crippen LogP contribution in [0.4, 0.5) is 0 Å². The zero-order valence-corrected chi connectivity index (χ0v) is 13.2. The van der Waals surface area contributed by atoms with E-state index in [0.29, 0.717) is 6.54 Å². The van der Waals surface area contributed by atoms with Gasteiger partial charge in [0.15, 0.2) is 11.0 Å². The Morgan fingerprint density at radius 2 is 2.05 bits per heavy atom. The van der Waals surface area contributed by atoms with Crippen LogP contribution in [-0.2, 0) is 12.3 Å². The molecular weight excluding hydrogens is 294 g/mol. The van der Waals surface area contributed by atoms with Gasteiger partial charge in [0, 0.05) is 12.3 Å². The first-order chi connectivity index (χ1) is 10.8. The molecule has 0 spiro atoms. The van der Waals surface area contributed by atoms with Crippen LogP contribution in [-0.4, -0.2) is 14.8 Å². The van der Waals surface area contributed by atoms with Gasteiger partial charge in [-0.25, -0.2) is 0 Å². The lowest BCUT2D eigenvalue weighted by molar-refractivity contribution is 0.534. The van der Waals surface area contributed by atoms with Gasteiger partial charge in [-0.15, -0.1) is 16.8 Å². The van der Waals surface area contributed by atoms with Crippen LogP contribution < -0.4 is 0 Å². The molecule has 0 unspecified atom stereocenters. The van der Waals surface area contributed by atoms with Crippen molar-refractivity contribution in [3.8, 4) is 11.4 Å². The van der Waals surface area contributed by atoms with Gasteiger partial charge in [0.05, 0.1) is 11.8 Å². The van der Waals surface area contributed by atoms with Crippen LogP contribution in [0, 0.1) is 6.92 Å². The van der Waals surface area contributed by atoms with Crippen LogP contribution in [0.15, 0.2) is 64.9 Å². The third-order valence-corrected chi connectivity index (χ3v) is 4.38. The smallest absolute Gasteiger partial charge is 0.192 e. The molecule has 0 radical (unpaired) electrons. The third kappa shape index (κ3) is 2.99. The first kappa shape index (κ1) is 14.7. The van der Waals surface area contributed by atoms with Crippen molar-refractivity contribution < 1.29 is 4.42 Å². The highest BCUT2D eigenvalue weighted by Gasteiger charge is 2.16. The van der Waals surface area contributed by atoms with Gasteiger partial charge in [0.2, 0.25) is 0 Å². The Balaban J connectivity index is 1.87. The molecule has 0 saturated carbocycles. The SMILES string of the molecule is C=CCn1c(SCc2ccccc2)nnc1-c1ccoc1C. The molecule has 0 atom stereocenters. The first-order valence-corrected chi connectivity index (χ1v) is 8.03. The predicted molar refractivity (Wildman–Crippen MR) is 88.7 cm³/mol. The molecule has 0 aliphatic heterocycles. The number of aromatic nitrogens is 3. The fourth-order valence-electron chi connectivity index (χ4n) is 2.23. The fourth-order valence-corrected chi connectivity index (χ4v) is 3.13. The molecule has 2 aromatic heterocycles. The van der Waals surface area contributed by atoms with Crippen molar-refractivity contribution in [2.75, 3.05) is 0 Å². The summed E-state index contributed by atoms with van der Waals surface area (Å²) >= 11 is 1.68. The minimum atomic E-state index is 0.671. The van der Waals surface area contributed by atoms with E-state index in [0.717, 1.165) is 28.1 Å². The molecule has 0 aliphatic rings. The number of hydrogen-bond acceptors (Lipinski definition) is 4. The monoisotopic (exact) mass is 311 g/mol. The van der Waals surface area contributed by atoms with E-state index in [4.69, 9.17) is 4.42 Å². The largest absolute Gasteiger partial charge is 0.469 e. The van der Waals surface area contributed by atoms with E-state index < -0.39 is 0 Å². The summed E-state index contributed by atoms with van der Waals surface area (Å²) in [6, 6.07) is 12.3. The number of thioether (sulfide) groups is 1. The molecule has 5 heteroatoms. The van der Waals surface area contributed by atoms with Crippen LogP contribution >= 0.6 is 11.8 Å². The van der Waals surface area contributed by atoms with E-state index in [1.54, 1.807) is 18.0 Å². The number of allylic oxidation sites excluding steroid dienone is 1. The standard InChI is InChI=1S/C17H17N3OS/c1-3-10-20-16(15-9-11-21-13(15)2)18-19-17(20)22-12-14-7-5-4-6-8-14/h3-9,11H,1,10,12H2,2H3. The van der Waals surface area contributed by atoms with Crippen molar-refractivity contribution in [1.82, 2.24) is 14.8 Å². The van der Waals surface area contributed by atoms with Gasteiger partial charge in [0.25, 0.3) is 0 Å². The minimum absolute atomic E-state index is 0.671. The predicted octanol–water partition coefficient (Wildman–Crippen LogP) is 4.32. The summed E-state index contributed by atoms with van der Waals surface area (Å²) in [5, 5.41) is 9.56. The Kier molecular flexibility index (Phi) is 4.44. The molecule has 22 heavy (non-hydrogen) atoms. The van der Waals surface area contributed by atoms with Crippen LogP contribution in [0.1, 0.15) is 11.3 Å². The zero-order chi connectivity index (χ0) is 15.4. The molecule has 0 fully saturated rings. The maximum Gasteiger partial charge on any atom is 0.192 e. The van der Waals surface area contributed by atoms with E-state index >= 15 is 0 Å². The molecule has 1 aromatic carbocycles. The zero-order valence-electron chi connectivity index (χ0n) is 12.4. The van der Waals surface area contributed by atoms with Gasteiger partial charge in [-0.3, -0.25) is 4.57 Å². The Morgan fingerprint density at radius 1 is 1.23 bits per heavy atom. The van der Waals surface area contributed by atoms with Gasteiger partial charge < -0.3 is 4.42 Å². The number of hydrogen-bond donors (Lipinski definition) is 0. The van der Waals surface area contributed by atoms with Gasteiger partial charge in [-0.05, 0) is 18.6 Å². The highest BCUT2D eigenvalue weighted by molar-refractivity contribution is 7.98. The average molecular weight is 311 g/mol. The van der Waals surface area contributed by atoms with Crippen molar-refractivity contribution >= 4 is 11.8 Å².